The van der Waals surface area contributed by atoms with Gasteiger partial charge in [-0.2, -0.15) is 0 Å². The van der Waals surface area contributed by atoms with Crippen molar-refractivity contribution in [1.82, 2.24) is 0 Å². The molecule has 2 aliphatic rings. The molecule has 0 saturated carbocycles. The molecule has 256 valence electrons. The van der Waals surface area contributed by atoms with Gasteiger partial charge in [0.1, 0.15) is 53.0 Å². The van der Waals surface area contributed by atoms with Crippen LogP contribution in [-0.4, -0.2) is 120 Å². The molecule has 0 bridgehead atoms. The molecule has 47 heavy (non-hydrogen) atoms. The maximum atomic E-state index is 13.8. The van der Waals surface area contributed by atoms with Gasteiger partial charge >= 0.3 is 5.97 Å². The van der Waals surface area contributed by atoms with Crippen LogP contribution in [0.25, 0.3) is 22.3 Å². The lowest BCUT2D eigenvalue weighted by Gasteiger charge is -2.42. The van der Waals surface area contributed by atoms with Gasteiger partial charge in [-0.25, -0.2) is 0 Å². The zero-order valence-corrected chi connectivity index (χ0v) is 24.7. The molecular formula is C30H34O17. The minimum Gasteiger partial charge on any atom is -0.508 e. The highest BCUT2D eigenvalue weighted by Gasteiger charge is 2.49. The molecule has 0 spiro atoms. The van der Waals surface area contributed by atoms with Gasteiger partial charge in [-0.05, 0) is 24.6 Å². The number of fused-ring (bicyclic) bond motifs is 1. The van der Waals surface area contributed by atoms with E-state index < -0.39 is 120 Å². The van der Waals surface area contributed by atoms with Gasteiger partial charge in [0.2, 0.25) is 17.5 Å². The van der Waals surface area contributed by atoms with Crippen molar-refractivity contribution in [3.63, 3.8) is 0 Å². The number of aliphatic hydroxyl groups is 5. The Labute approximate surface area is 264 Å². The summed E-state index contributed by atoms with van der Waals surface area (Å²) in [6.45, 7) is 0.681. The Morgan fingerprint density at radius 2 is 1.64 bits per heavy atom. The Morgan fingerprint density at radius 3 is 2.34 bits per heavy atom. The molecule has 0 aliphatic carbocycles. The van der Waals surface area contributed by atoms with Crippen LogP contribution in [0.5, 0.6) is 28.7 Å². The predicted octanol–water partition coefficient (Wildman–Crippen LogP) is -0.725. The Kier molecular flexibility index (Phi) is 10.1. The van der Waals surface area contributed by atoms with Crippen molar-refractivity contribution in [1.29, 1.82) is 0 Å². The van der Waals surface area contributed by atoms with Crippen LogP contribution in [0.1, 0.15) is 19.8 Å². The second-order valence-corrected chi connectivity index (χ2v) is 11.1. The first-order valence-corrected chi connectivity index (χ1v) is 14.5. The SMILES string of the molecule is CCCC(=O)O[C@@H]1[C@@H](O)[C@H](Oc2c(-c3ccc(O)c(O)c3)oc3cc(O)cc(O)c3c2=O)O[C@H](CO[C@@H]2OC[C@H](O)[C@H](O)[C@H]2O)[C@H]1O. The molecule has 9 N–H and O–H groups in total. The summed E-state index contributed by atoms with van der Waals surface area (Å²) >= 11 is 0. The summed E-state index contributed by atoms with van der Waals surface area (Å²) in [5, 5.41) is 92.1. The predicted molar refractivity (Wildman–Crippen MR) is 154 cm³/mol. The smallest absolute Gasteiger partial charge is 0.306 e. The Morgan fingerprint density at radius 1 is 0.894 bits per heavy atom. The lowest BCUT2D eigenvalue weighted by Crippen LogP contribution is -2.62. The van der Waals surface area contributed by atoms with Crippen LogP contribution in [0.15, 0.2) is 39.5 Å². The van der Waals surface area contributed by atoms with Crippen molar-refractivity contribution in [2.24, 2.45) is 0 Å². The van der Waals surface area contributed by atoms with Crippen LogP contribution in [0, 0.1) is 0 Å². The molecule has 3 aromatic rings. The molecule has 0 amide bonds. The number of benzene rings is 2. The number of hydrogen-bond acceptors (Lipinski definition) is 17. The lowest BCUT2D eigenvalue weighted by atomic mass is 9.98. The normalized spacial score (nSPS) is 29.4. The van der Waals surface area contributed by atoms with E-state index in [9.17, 15) is 55.5 Å². The standard InChI is InChI=1S/C30H34O17/c1-2-3-19(36)46-27-22(38)18(10-43-29-24(40)21(37)16(35)9-42-29)45-30(25(27)41)47-28-23(39)20-15(34)7-12(31)8-17(20)44-26(28)11-4-5-13(32)14(33)6-11/h4-8,16,18,21-22,24-25,27,29-35,37-38,40-41H,2-3,9-10H2,1H3/t16-,18+,21-,22+,24+,25+,27-,29-,30-/m0/s1. The Hall–Kier alpha value is -4.20. The van der Waals surface area contributed by atoms with Crippen molar-refractivity contribution < 1.29 is 78.9 Å². The molecule has 17 nitrogen and oxygen atoms in total. The molecule has 17 heteroatoms. The molecule has 2 aliphatic heterocycles. The highest BCUT2D eigenvalue weighted by Crippen LogP contribution is 2.39. The average Bonchev–Trinajstić information content (AvgIpc) is 3.01. The van der Waals surface area contributed by atoms with Crippen LogP contribution in [0.4, 0.5) is 0 Å². The summed E-state index contributed by atoms with van der Waals surface area (Å²) in [6.07, 6.45) is -14.8. The second kappa shape index (κ2) is 13.9. The van der Waals surface area contributed by atoms with Crippen molar-refractivity contribution in [2.45, 2.75) is 75.1 Å². The van der Waals surface area contributed by atoms with E-state index >= 15 is 0 Å². The average molecular weight is 667 g/mol. The third kappa shape index (κ3) is 6.92. The fourth-order valence-corrected chi connectivity index (χ4v) is 5.15. The van der Waals surface area contributed by atoms with Crippen LogP contribution >= 0.6 is 0 Å². The first kappa shape index (κ1) is 34.1. The monoisotopic (exact) mass is 666 g/mol. The van der Waals surface area contributed by atoms with Crippen LogP contribution in [-0.2, 0) is 23.7 Å². The number of carbonyl (C=O) groups excluding carboxylic acids is 1. The van der Waals surface area contributed by atoms with E-state index in [1.54, 1.807) is 6.92 Å². The molecular weight excluding hydrogens is 632 g/mol. The molecule has 2 saturated heterocycles. The van der Waals surface area contributed by atoms with Gasteiger partial charge in [0.05, 0.1) is 13.2 Å². The molecule has 2 fully saturated rings. The first-order valence-electron chi connectivity index (χ1n) is 14.5. The fraction of sp³-hybridized carbons (Fsp3) is 0.467. The van der Waals surface area contributed by atoms with Crippen molar-refractivity contribution >= 4 is 16.9 Å². The van der Waals surface area contributed by atoms with Crippen molar-refractivity contribution in [3.05, 3.63) is 40.6 Å². The third-order valence-electron chi connectivity index (χ3n) is 7.63. The minimum atomic E-state index is -1.96. The molecule has 0 radical (unpaired) electrons. The summed E-state index contributed by atoms with van der Waals surface area (Å²) in [5.74, 6) is -4.20. The summed E-state index contributed by atoms with van der Waals surface area (Å²) in [6, 6.07) is 5.23. The Bertz CT molecular complexity index is 1660. The highest BCUT2D eigenvalue weighted by atomic mass is 16.7. The van der Waals surface area contributed by atoms with Gasteiger partial charge < -0.3 is 74.1 Å². The molecule has 5 rings (SSSR count). The zero-order valence-electron chi connectivity index (χ0n) is 24.7. The molecule has 1 aromatic heterocycles. The molecule has 2 aromatic carbocycles. The third-order valence-corrected chi connectivity index (χ3v) is 7.63. The van der Waals surface area contributed by atoms with Gasteiger partial charge in [-0.1, -0.05) is 6.92 Å². The maximum absolute atomic E-state index is 13.8. The summed E-state index contributed by atoms with van der Waals surface area (Å²) in [5.41, 5.74) is -1.39. The molecule has 9 atom stereocenters. The van der Waals surface area contributed by atoms with E-state index in [2.05, 4.69) is 0 Å². The second-order valence-electron chi connectivity index (χ2n) is 11.1. The van der Waals surface area contributed by atoms with Crippen LogP contribution in [0.3, 0.4) is 0 Å². The summed E-state index contributed by atoms with van der Waals surface area (Å²) in [4.78, 5) is 26.2. The van der Waals surface area contributed by atoms with Gasteiger partial charge in [-0.15, -0.1) is 0 Å². The number of phenolic OH excluding ortho intramolecular Hbond substituents is 4. The minimum absolute atomic E-state index is 0.0440. The zero-order chi connectivity index (χ0) is 34.2. The van der Waals surface area contributed by atoms with Gasteiger partial charge in [0.15, 0.2) is 35.8 Å². The van der Waals surface area contributed by atoms with Crippen LogP contribution in [0.2, 0.25) is 0 Å². The maximum Gasteiger partial charge on any atom is 0.306 e. The van der Waals surface area contributed by atoms with E-state index in [0.717, 1.165) is 24.3 Å². The van der Waals surface area contributed by atoms with E-state index in [4.69, 9.17) is 28.1 Å². The largest absolute Gasteiger partial charge is 0.508 e. The lowest BCUT2D eigenvalue weighted by molar-refractivity contribution is -0.309. The van der Waals surface area contributed by atoms with E-state index in [-0.39, 0.29) is 17.6 Å². The number of phenols is 4. The van der Waals surface area contributed by atoms with E-state index in [1.165, 1.54) is 6.07 Å². The van der Waals surface area contributed by atoms with Gasteiger partial charge in [-0.3, -0.25) is 9.59 Å². The number of aromatic hydroxyl groups is 4. The summed E-state index contributed by atoms with van der Waals surface area (Å²) < 4.78 is 33.4. The highest BCUT2D eigenvalue weighted by molar-refractivity contribution is 5.88. The van der Waals surface area contributed by atoms with Crippen molar-refractivity contribution in [2.75, 3.05) is 13.2 Å². The van der Waals surface area contributed by atoms with Gasteiger partial charge in [0, 0.05) is 24.1 Å². The molecule has 3 heterocycles. The van der Waals surface area contributed by atoms with E-state index in [1.807, 2.05) is 0 Å². The quantitative estimate of drug-likeness (QED) is 0.101. The van der Waals surface area contributed by atoms with Gasteiger partial charge in [0.25, 0.3) is 0 Å². The Balaban J connectivity index is 1.53. The topological polar surface area (TPSA) is 275 Å². The number of aliphatic hydroxyl groups excluding tert-OH is 5. The number of rotatable bonds is 9. The first-order chi connectivity index (χ1) is 22.3. The number of esters is 1. The molecule has 0 unspecified atom stereocenters. The number of carbonyl (C=O) groups is 1. The number of ether oxygens (including phenoxy) is 5. The summed E-state index contributed by atoms with van der Waals surface area (Å²) in [7, 11) is 0. The van der Waals surface area contributed by atoms with E-state index in [0.29, 0.717) is 6.42 Å². The van der Waals surface area contributed by atoms with Crippen LogP contribution < -0.4 is 10.2 Å². The van der Waals surface area contributed by atoms with Crippen molar-refractivity contribution in [3.8, 4) is 40.1 Å². The number of hydrogen-bond donors (Lipinski definition) is 9. The fourth-order valence-electron chi connectivity index (χ4n) is 5.15.